The van der Waals surface area contributed by atoms with Crippen molar-refractivity contribution >= 4 is 23.2 Å². The number of carbonyl (C=O) groups is 1. The van der Waals surface area contributed by atoms with E-state index < -0.39 is 0 Å². The standard InChI is InChI=1S/C20H25ClN2O/c1-12-10-13(2)19(14(3)11-12)23-20(24)16(5)22-15(4)17-8-6-7-9-18(17)21/h6-11,15-16,22H,1-5H3,(H,23,24)/t15-,16-/m0/s1. The molecule has 0 aliphatic carbocycles. The molecule has 0 aromatic heterocycles. The van der Waals surface area contributed by atoms with Crippen LogP contribution >= 0.6 is 11.6 Å². The van der Waals surface area contributed by atoms with Crippen molar-refractivity contribution in [1.82, 2.24) is 5.32 Å². The molecule has 24 heavy (non-hydrogen) atoms. The number of carbonyl (C=O) groups excluding carboxylic acids is 1. The summed E-state index contributed by atoms with van der Waals surface area (Å²) in [5.74, 6) is -0.0519. The van der Waals surface area contributed by atoms with Crippen LogP contribution in [0, 0.1) is 20.8 Å². The summed E-state index contributed by atoms with van der Waals surface area (Å²) in [6.45, 7) is 9.95. The highest BCUT2D eigenvalue weighted by Gasteiger charge is 2.19. The summed E-state index contributed by atoms with van der Waals surface area (Å²) >= 11 is 6.23. The normalized spacial score (nSPS) is 13.4. The molecule has 0 aliphatic rings. The zero-order chi connectivity index (χ0) is 17.9. The van der Waals surface area contributed by atoms with Gasteiger partial charge in [0, 0.05) is 16.8 Å². The van der Waals surface area contributed by atoms with Crippen molar-refractivity contribution in [1.29, 1.82) is 0 Å². The third-order valence-electron chi connectivity index (χ3n) is 4.19. The molecule has 0 saturated heterocycles. The predicted molar refractivity (Wildman–Crippen MR) is 102 cm³/mol. The van der Waals surface area contributed by atoms with Gasteiger partial charge in [-0.1, -0.05) is 47.5 Å². The Morgan fingerprint density at radius 1 is 1.04 bits per heavy atom. The van der Waals surface area contributed by atoms with Gasteiger partial charge >= 0.3 is 0 Å². The molecule has 4 heteroatoms. The highest BCUT2D eigenvalue weighted by atomic mass is 35.5. The van der Waals surface area contributed by atoms with Crippen LogP contribution in [0.5, 0.6) is 0 Å². The van der Waals surface area contributed by atoms with E-state index in [1.165, 1.54) is 5.56 Å². The fourth-order valence-corrected chi connectivity index (χ4v) is 3.27. The van der Waals surface area contributed by atoms with E-state index in [1.807, 2.05) is 52.0 Å². The van der Waals surface area contributed by atoms with Gasteiger partial charge in [0.1, 0.15) is 0 Å². The van der Waals surface area contributed by atoms with Crippen LogP contribution in [0.4, 0.5) is 5.69 Å². The number of amides is 1. The second-order valence-electron chi connectivity index (χ2n) is 6.39. The summed E-state index contributed by atoms with van der Waals surface area (Å²) in [5.41, 5.74) is 5.23. The van der Waals surface area contributed by atoms with E-state index in [0.29, 0.717) is 5.02 Å². The minimum atomic E-state index is -0.337. The molecule has 0 saturated carbocycles. The van der Waals surface area contributed by atoms with Crippen LogP contribution < -0.4 is 10.6 Å². The quantitative estimate of drug-likeness (QED) is 0.806. The van der Waals surface area contributed by atoms with Crippen LogP contribution in [0.3, 0.4) is 0 Å². The monoisotopic (exact) mass is 344 g/mol. The van der Waals surface area contributed by atoms with Gasteiger partial charge in [-0.2, -0.15) is 0 Å². The van der Waals surface area contributed by atoms with Crippen LogP contribution in [0.25, 0.3) is 0 Å². The SMILES string of the molecule is Cc1cc(C)c(NC(=O)[C@H](C)N[C@@H](C)c2ccccc2Cl)c(C)c1. The molecule has 0 unspecified atom stereocenters. The van der Waals surface area contributed by atoms with Crippen LogP contribution in [-0.4, -0.2) is 11.9 Å². The molecular formula is C20H25ClN2O. The number of hydrogen-bond donors (Lipinski definition) is 2. The van der Waals surface area contributed by atoms with E-state index in [4.69, 9.17) is 11.6 Å². The number of anilines is 1. The molecule has 3 nitrogen and oxygen atoms in total. The van der Waals surface area contributed by atoms with E-state index >= 15 is 0 Å². The average Bonchev–Trinajstić information content (AvgIpc) is 2.50. The summed E-state index contributed by atoms with van der Waals surface area (Å²) in [6, 6.07) is 11.5. The fourth-order valence-electron chi connectivity index (χ4n) is 2.98. The molecule has 0 aliphatic heterocycles. The minimum absolute atomic E-state index is 0.0142. The smallest absolute Gasteiger partial charge is 0.241 e. The van der Waals surface area contributed by atoms with Gasteiger partial charge in [0.2, 0.25) is 5.91 Å². The predicted octanol–water partition coefficient (Wildman–Crippen LogP) is 4.94. The van der Waals surface area contributed by atoms with Gasteiger partial charge in [0.25, 0.3) is 0 Å². The first kappa shape index (κ1) is 18.5. The van der Waals surface area contributed by atoms with Crippen molar-refractivity contribution < 1.29 is 4.79 Å². The molecule has 0 bridgehead atoms. The number of aryl methyl sites for hydroxylation is 3. The lowest BCUT2D eigenvalue weighted by molar-refractivity contribution is -0.117. The van der Waals surface area contributed by atoms with E-state index in [-0.39, 0.29) is 18.0 Å². The molecule has 2 rings (SSSR count). The van der Waals surface area contributed by atoms with E-state index in [2.05, 4.69) is 29.7 Å². The lowest BCUT2D eigenvalue weighted by Crippen LogP contribution is -2.39. The Morgan fingerprint density at radius 2 is 1.62 bits per heavy atom. The van der Waals surface area contributed by atoms with Crippen molar-refractivity contribution in [2.75, 3.05) is 5.32 Å². The lowest BCUT2D eigenvalue weighted by atomic mass is 10.0. The summed E-state index contributed by atoms with van der Waals surface area (Å²) in [6.07, 6.45) is 0. The molecular weight excluding hydrogens is 320 g/mol. The highest BCUT2D eigenvalue weighted by molar-refractivity contribution is 6.31. The van der Waals surface area contributed by atoms with Crippen LogP contribution in [0.2, 0.25) is 5.02 Å². The van der Waals surface area contributed by atoms with Crippen molar-refractivity contribution in [2.24, 2.45) is 0 Å². The van der Waals surface area contributed by atoms with Gasteiger partial charge in [-0.15, -0.1) is 0 Å². The topological polar surface area (TPSA) is 41.1 Å². The van der Waals surface area contributed by atoms with Crippen molar-refractivity contribution in [3.63, 3.8) is 0 Å². The highest BCUT2D eigenvalue weighted by Crippen LogP contribution is 2.24. The van der Waals surface area contributed by atoms with Crippen molar-refractivity contribution in [3.8, 4) is 0 Å². The first-order valence-corrected chi connectivity index (χ1v) is 8.56. The maximum absolute atomic E-state index is 12.5. The number of halogens is 1. The second-order valence-corrected chi connectivity index (χ2v) is 6.80. The molecule has 0 fully saturated rings. The number of hydrogen-bond acceptors (Lipinski definition) is 2. The maximum atomic E-state index is 12.5. The van der Waals surface area contributed by atoms with Gasteiger partial charge in [-0.3, -0.25) is 10.1 Å². The fraction of sp³-hybridized carbons (Fsp3) is 0.350. The second kappa shape index (κ2) is 7.82. The Kier molecular flexibility index (Phi) is 6.03. The molecule has 2 atom stereocenters. The number of rotatable bonds is 5. The first-order chi connectivity index (χ1) is 11.3. The molecule has 1 amide bonds. The van der Waals surface area contributed by atoms with Gasteiger partial charge in [0.15, 0.2) is 0 Å². The summed E-state index contributed by atoms with van der Waals surface area (Å²) < 4.78 is 0. The largest absolute Gasteiger partial charge is 0.324 e. The zero-order valence-corrected chi connectivity index (χ0v) is 15.7. The number of benzene rings is 2. The van der Waals surface area contributed by atoms with Crippen LogP contribution in [-0.2, 0) is 4.79 Å². The Labute approximate surface area is 149 Å². The third kappa shape index (κ3) is 4.37. The summed E-state index contributed by atoms with van der Waals surface area (Å²) in [5, 5.41) is 7.06. The average molecular weight is 345 g/mol. The molecule has 2 aromatic rings. The van der Waals surface area contributed by atoms with Gasteiger partial charge in [0.05, 0.1) is 6.04 Å². The Morgan fingerprint density at radius 3 is 2.21 bits per heavy atom. The number of nitrogens with one attached hydrogen (secondary N) is 2. The van der Waals surface area contributed by atoms with E-state index in [1.54, 1.807) is 0 Å². The summed E-state index contributed by atoms with van der Waals surface area (Å²) in [7, 11) is 0. The molecule has 2 aromatic carbocycles. The minimum Gasteiger partial charge on any atom is -0.324 e. The third-order valence-corrected chi connectivity index (χ3v) is 4.53. The van der Waals surface area contributed by atoms with Gasteiger partial charge in [-0.05, 0) is 57.4 Å². The van der Waals surface area contributed by atoms with E-state index in [0.717, 1.165) is 22.4 Å². The Balaban J connectivity index is 2.07. The van der Waals surface area contributed by atoms with E-state index in [9.17, 15) is 4.79 Å². The van der Waals surface area contributed by atoms with Gasteiger partial charge in [-0.25, -0.2) is 0 Å². The molecule has 128 valence electrons. The zero-order valence-electron chi connectivity index (χ0n) is 14.9. The molecule has 0 heterocycles. The van der Waals surface area contributed by atoms with Crippen molar-refractivity contribution in [3.05, 3.63) is 63.7 Å². The van der Waals surface area contributed by atoms with Crippen molar-refractivity contribution in [2.45, 2.75) is 46.7 Å². The lowest BCUT2D eigenvalue weighted by Gasteiger charge is -2.22. The molecule has 2 N–H and O–H groups in total. The Hall–Kier alpha value is -1.84. The first-order valence-electron chi connectivity index (χ1n) is 8.18. The Bertz CT molecular complexity index is 719. The molecule has 0 spiro atoms. The maximum Gasteiger partial charge on any atom is 0.241 e. The summed E-state index contributed by atoms with van der Waals surface area (Å²) in [4.78, 5) is 12.5. The van der Waals surface area contributed by atoms with Gasteiger partial charge < -0.3 is 5.32 Å². The van der Waals surface area contributed by atoms with Crippen LogP contribution in [0.1, 0.15) is 42.1 Å². The van der Waals surface area contributed by atoms with Crippen LogP contribution in [0.15, 0.2) is 36.4 Å². The molecule has 0 radical (unpaired) electrons.